The minimum Gasteiger partial charge on any atom is -0.370 e. The van der Waals surface area contributed by atoms with Crippen LogP contribution in [0, 0.1) is 5.92 Å². The number of hydrogen-bond donors (Lipinski definition) is 1. The van der Waals surface area contributed by atoms with Gasteiger partial charge in [0.2, 0.25) is 0 Å². The molecule has 1 heterocycles. The first-order valence-electron chi connectivity index (χ1n) is 7.02. The Hall–Kier alpha value is -1.09. The molecule has 2 rings (SSSR count). The zero-order chi connectivity index (χ0) is 13.1. The molecule has 1 aliphatic carbocycles. The van der Waals surface area contributed by atoms with E-state index < -0.39 is 0 Å². The lowest BCUT2D eigenvalue weighted by Gasteiger charge is -2.35. The van der Waals surface area contributed by atoms with Gasteiger partial charge in [0.15, 0.2) is 0 Å². The van der Waals surface area contributed by atoms with Gasteiger partial charge in [0.25, 0.3) is 0 Å². The van der Waals surface area contributed by atoms with Crippen molar-refractivity contribution >= 4 is 5.69 Å². The van der Waals surface area contributed by atoms with E-state index in [4.69, 9.17) is 5.73 Å². The Kier molecular flexibility index (Phi) is 4.23. The van der Waals surface area contributed by atoms with Gasteiger partial charge in [-0.3, -0.25) is 4.98 Å². The summed E-state index contributed by atoms with van der Waals surface area (Å²) in [5.74, 6) is 0.850. The van der Waals surface area contributed by atoms with Gasteiger partial charge in [0.05, 0.1) is 17.6 Å². The van der Waals surface area contributed by atoms with Crippen LogP contribution in [0.2, 0.25) is 0 Å². The number of nitrogens with two attached hydrogens (primary N) is 1. The van der Waals surface area contributed by atoms with Crippen molar-refractivity contribution in [3.05, 3.63) is 24.0 Å². The van der Waals surface area contributed by atoms with Gasteiger partial charge in [-0.05, 0) is 37.8 Å². The molecule has 1 aromatic heterocycles. The van der Waals surface area contributed by atoms with E-state index in [9.17, 15) is 0 Å². The van der Waals surface area contributed by atoms with Crippen molar-refractivity contribution in [2.45, 2.75) is 51.6 Å². The van der Waals surface area contributed by atoms with Crippen molar-refractivity contribution in [2.24, 2.45) is 11.7 Å². The summed E-state index contributed by atoms with van der Waals surface area (Å²) in [7, 11) is 2.19. The number of aromatic nitrogens is 1. The second-order valence-corrected chi connectivity index (χ2v) is 5.77. The Morgan fingerprint density at radius 3 is 2.72 bits per heavy atom. The maximum Gasteiger partial charge on any atom is 0.0569 e. The molecule has 2 N–H and O–H groups in total. The highest BCUT2D eigenvalue weighted by molar-refractivity contribution is 5.45. The summed E-state index contributed by atoms with van der Waals surface area (Å²) in [6, 6.07) is 4.86. The van der Waals surface area contributed by atoms with Crippen molar-refractivity contribution in [1.29, 1.82) is 0 Å². The number of hydrogen-bond acceptors (Lipinski definition) is 3. The molecule has 3 heteroatoms. The number of rotatable bonds is 3. The van der Waals surface area contributed by atoms with Crippen LogP contribution in [0.1, 0.15) is 51.3 Å². The van der Waals surface area contributed by atoms with Crippen LogP contribution in [0.25, 0.3) is 0 Å². The van der Waals surface area contributed by atoms with Crippen LogP contribution in [0.4, 0.5) is 5.69 Å². The van der Waals surface area contributed by atoms with E-state index >= 15 is 0 Å². The monoisotopic (exact) mass is 247 g/mol. The van der Waals surface area contributed by atoms with Crippen LogP contribution in [0.15, 0.2) is 18.3 Å². The maximum atomic E-state index is 5.82. The van der Waals surface area contributed by atoms with E-state index in [2.05, 4.69) is 29.9 Å². The molecule has 0 radical (unpaired) electrons. The van der Waals surface area contributed by atoms with Gasteiger partial charge in [-0.2, -0.15) is 0 Å². The zero-order valence-corrected chi connectivity index (χ0v) is 11.8. The second-order valence-electron chi connectivity index (χ2n) is 5.77. The van der Waals surface area contributed by atoms with E-state index in [1.54, 1.807) is 0 Å². The van der Waals surface area contributed by atoms with E-state index in [0.717, 1.165) is 11.6 Å². The number of anilines is 1. The van der Waals surface area contributed by atoms with Crippen LogP contribution < -0.4 is 10.6 Å². The SMILES string of the molecule is CC1CCCC(N(C)c2ccc([C@H](C)N)nc2)C1. The lowest BCUT2D eigenvalue weighted by molar-refractivity contribution is 0.336. The molecule has 0 spiro atoms. The molecule has 2 unspecified atom stereocenters. The van der Waals surface area contributed by atoms with E-state index in [1.165, 1.54) is 31.4 Å². The van der Waals surface area contributed by atoms with Crippen molar-refractivity contribution in [3.8, 4) is 0 Å². The largest absolute Gasteiger partial charge is 0.370 e. The van der Waals surface area contributed by atoms with Crippen LogP contribution in [0.5, 0.6) is 0 Å². The highest BCUT2D eigenvalue weighted by Gasteiger charge is 2.22. The first-order valence-corrected chi connectivity index (χ1v) is 7.02. The average molecular weight is 247 g/mol. The molecule has 0 aromatic carbocycles. The smallest absolute Gasteiger partial charge is 0.0569 e. The van der Waals surface area contributed by atoms with Gasteiger partial charge < -0.3 is 10.6 Å². The summed E-state index contributed by atoms with van der Waals surface area (Å²) in [6.45, 7) is 4.33. The Morgan fingerprint density at radius 2 is 2.17 bits per heavy atom. The number of nitrogens with zero attached hydrogens (tertiary/aromatic N) is 2. The van der Waals surface area contributed by atoms with Crippen LogP contribution in [-0.2, 0) is 0 Å². The average Bonchev–Trinajstić information content (AvgIpc) is 2.38. The molecule has 0 aliphatic heterocycles. The van der Waals surface area contributed by atoms with Gasteiger partial charge >= 0.3 is 0 Å². The Bertz CT molecular complexity index is 372. The normalized spacial score (nSPS) is 25.8. The molecule has 0 bridgehead atoms. The van der Waals surface area contributed by atoms with E-state index in [1.807, 2.05) is 19.2 Å². The van der Waals surface area contributed by atoms with Gasteiger partial charge in [0.1, 0.15) is 0 Å². The fraction of sp³-hybridized carbons (Fsp3) is 0.667. The Labute approximate surface area is 110 Å². The molecule has 1 aromatic rings. The van der Waals surface area contributed by atoms with Gasteiger partial charge in [-0.25, -0.2) is 0 Å². The standard InChI is InChI=1S/C15H25N3/c1-11-5-4-6-13(9-11)18(3)14-7-8-15(12(2)16)17-10-14/h7-8,10-13H,4-6,9,16H2,1-3H3/t11?,12-,13?/m0/s1. The van der Waals surface area contributed by atoms with Crippen LogP contribution in [0.3, 0.4) is 0 Å². The van der Waals surface area contributed by atoms with Crippen LogP contribution in [-0.4, -0.2) is 18.1 Å². The molecule has 0 amide bonds. The minimum atomic E-state index is 0.0130. The maximum absolute atomic E-state index is 5.82. The summed E-state index contributed by atoms with van der Waals surface area (Å²) in [6.07, 6.45) is 7.28. The van der Waals surface area contributed by atoms with Crippen molar-refractivity contribution in [1.82, 2.24) is 4.98 Å². The first-order chi connectivity index (χ1) is 8.58. The zero-order valence-electron chi connectivity index (χ0n) is 11.8. The lowest BCUT2D eigenvalue weighted by atomic mass is 9.86. The predicted octanol–water partition coefficient (Wildman–Crippen LogP) is 3.12. The Balaban J connectivity index is 2.05. The molecular weight excluding hydrogens is 222 g/mol. The lowest BCUT2D eigenvalue weighted by Crippen LogP contribution is -2.35. The quantitative estimate of drug-likeness (QED) is 0.892. The van der Waals surface area contributed by atoms with Gasteiger partial charge in [-0.1, -0.05) is 19.8 Å². The van der Waals surface area contributed by atoms with E-state index in [0.29, 0.717) is 6.04 Å². The first kappa shape index (κ1) is 13.3. The third kappa shape index (κ3) is 3.02. The molecule has 3 atom stereocenters. The number of pyridine rings is 1. The fourth-order valence-electron chi connectivity index (χ4n) is 2.84. The molecule has 3 nitrogen and oxygen atoms in total. The molecular formula is C15H25N3. The summed E-state index contributed by atoms with van der Waals surface area (Å²) < 4.78 is 0. The molecule has 18 heavy (non-hydrogen) atoms. The van der Waals surface area contributed by atoms with E-state index in [-0.39, 0.29) is 6.04 Å². The minimum absolute atomic E-state index is 0.0130. The molecule has 0 saturated heterocycles. The van der Waals surface area contributed by atoms with Crippen molar-refractivity contribution in [3.63, 3.8) is 0 Å². The van der Waals surface area contributed by atoms with Crippen molar-refractivity contribution < 1.29 is 0 Å². The Morgan fingerprint density at radius 1 is 1.39 bits per heavy atom. The third-order valence-electron chi connectivity index (χ3n) is 4.10. The summed E-state index contributed by atoms with van der Waals surface area (Å²) in [4.78, 5) is 6.83. The summed E-state index contributed by atoms with van der Waals surface area (Å²) >= 11 is 0. The summed E-state index contributed by atoms with van der Waals surface area (Å²) in [5, 5.41) is 0. The molecule has 1 fully saturated rings. The molecule has 100 valence electrons. The summed E-state index contributed by atoms with van der Waals surface area (Å²) in [5.41, 5.74) is 7.99. The van der Waals surface area contributed by atoms with Gasteiger partial charge in [-0.15, -0.1) is 0 Å². The topological polar surface area (TPSA) is 42.1 Å². The van der Waals surface area contributed by atoms with Gasteiger partial charge in [0, 0.05) is 19.1 Å². The fourth-order valence-corrected chi connectivity index (χ4v) is 2.84. The predicted molar refractivity (Wildman–Crippen MR) is 76.7 cm³/mol. The second kappa shape index (κ2) is 5.70. The molecule has 1 saturated carbocycles. The highest BCUT2D eigenvalue weighted by Crippen LogP contribution is 2.29. The van der Waals surface area contributed by atoms with Crippen LogP contribution >= 0.6 is 0 Å². The highest BCUT2D eigenvalue weighted by atomic mass is 15.1. The molecule has 1 aliphatic rings. The van der Waals surface area contributed by atoms with Crippen molar-refractivity contribution in [2.75, 3.05) is 11.9 Å². The third-order valence-corrected chi connectivity index (χ3v) is 4.10.